The number of hydrogen-bond donors (Lipinski definition) is 3. The third kappa shape index (κ3) is 3.03. The number of benzene rings is 2. The third-order valence-electron chi connectivity index (χ3n) is 2.77. The van der Waals surface area contributed by atoms with Crippen molar-refractivity contribution in [2.45, 2.75) is 6.54 Å². The zero-order valence-corrected chi connectivity index (χ0v) is 10.4. The van der Waals surface area contributed by atoms with E-state index in [9.17, 15) is 13.6 Å². The summed E-state index contributed by atoms with van der Waals surface area (Å²) in [6.07, 6.45) is 0. The number of hydrogen-bond acceptors (Lipinski definition) is 3. The number of aromatic carboxylic acids is 1. The van der Waals surface area contributed by atoms with Gasteiger partial charge in [-0.3, -0.25) is 0 Å². The number of carboxylic acid groups (broad SMARTS) is 1. The van der Waals surface area contributed by atoms with Crippen LogP contribution in [0.2, 0.25) is 0 Å². The van der Waals surface area contributed by atoms with Gasteiger partial charge in [0.1, 0.15) is 11.6 Å². The summed E-state index contributed by atoms with van der Waals surface area (Å²) < 4.78 is 26.3. The van der Waals surface area contributed by atoms with Gasteiger partial charge in [0, 0.05) is 6.54 Å². The van der Waals surface area contributed by atoms with Gasteiger partial charge < -0.3 is 16.2 Å². The van der Waals surface area contributed by atoms with Crippen molar-refractivity contribution in [3.63, 3.8) is 0 Å². The Morgan fingerprint density at radius 3 is 2.45 bits per heavy atom. The summed E-state index contributed by atoms with van der Waals surface area (Å²) in [7, 11) is 0. The summed E-state index contributed by atoms with van der Waals surface area (Å²) in [6, 6.07) is 7.89. The number of carboxylic acids is 1. The average Bonchev–Trinajstić information content (AvgIpc) is 2.41. The molecule has 104 valence electrons. The van der Waals surface area contributed by atoms with Crippen molar-refractivity contribution in [3.8, 4) is 0 Å². The van der Waals surface area contributed by atoms with Crippen LogP contribution < -0.4 is 11.1 Å². The molecule has 0 aromatic heterocycles. The maximum absolute atomic E-state index is 13.5. The van der Waals surface area contributed by atoms with Crippen LogP contribution in [0.25, 0.3) is 0 Å². The van der Waals surface area contributed by atoms with Crippen molar-refractivity contribution in [1.29, 1.82) is 0 Å². The van der Waals surface area contributed by atoms with E-state index in [1.54, 1.807) is 12.1 Å². The molecule has 0 saturated carbocycles. The Hall–Kier alpha value is -2.63. The largest absolute Gasteiger partial charge is 0.478 e. The van der Waals surface area contributed by atoms with Crippen LogP contribution in [0.1, 0.15) is 15.9 Å². The lowest BCUT2D eigenvalue weighted by Crippen LogP contribution is -2.07. The highest BCUT2D eigenvalue weighted by molar-refractivity contribution is 5.90. The van der Waals surface area contributed by atoms with Crippen LogP contribution in [0.3, 0.4) is 0 Å². The molecule has 0 bridgehead atoms. The molecule has 0 fully saturated rings. The van der Waals surface area contributed by atoms with Crippen LogP contribution in [-0.4, -0.2) is 11.1 Å². The van der Waals surface area contributed by atoms with E-state index in [1.807, 2.05) is 0 Å². The average molecular weight is 278 g/mol. The number of nitrogens with one attached hydrogen (secondary N) is 1. The predicted octanol–water partition coefficient (Wildman–Crippen LogP) is 2.86. The lowest BCUT2D eigenvalue weighted by Gasteiger charge is -2.11. The van der Waals surface area contributed by atoms with E-state index in [2.05, 4.69) is 5.32 Å². The maximum Gasteiger partial charge on any atom is 0.338 e. The molecule has 0 aliphatic rings. The molecule has 2 rings (SSSR count). The van der Waals surface area contributed by atoms with Crippen LogP contribution in [0.4, 0.5) is 20.2 Å². The Balaban J connectivity index is 2.16. The molecule has 20 heavy (non-hydrogen) atoms. The van der Waals surface area contributed by atoms with Gasteiger partial charge in [-0.2, -0.15) is 0 Å². The molecule has 0 heterocycles. The molecule has 4 nitrogen and oxygen atoms in total. The first-order valence-electron chi connectivity index (χ1n) is 5.78. The first kappa shape index (κ1) is 13.8. The first-order chi connectivity index (χ1) is 9.47. The summed E-state index contributed by atoms with van der Waals surface area (Å²) in [6.45, 7) is 0.316. The Labute approximate surface area is 113 Å². The van der Waals surface area contributed by atoms with Crippen LogP contribution in [0.5, 0.6) is 0 Å². The maximum atomic E-state index is 13.5. The van der Waals surface area contributed by atoms with Gasteiger partial charge in [-0.25, -0.2) is 13.6 Å². The molecular weight excluding hydrogens is 266 g/mol. The van der Waals surface area contributed by atoms with Gasteiger partial charge >= 0.3 is 5.97 Å². The number of anilines is 2. The van der Waals surface area contributed by atoms with Gasteiger partial charge in [0.15, 0.2) is 0 Å². The smallest absolute Gasteiger partial charge is 0.338 e. The highest BCUT2D eigenvalue weighted by Gasteiger charge is 2.13. The van der Waals surface area contributed by atoms with Gasteiger partial charge in [-0.1, -0.05) is 12.1 Å². The molecule has 0 aliphatic heterocycles. The number of rotatable bonds is 4. The van der Waals surface area contributed by atoms with Crippen LogP contribution in [-0.2, 0) is 6.54 Å². The number of carbonyl (C=O) groups is 1. The van der Waals surface area contributed by atoms with Gasteiger partial charge in [0.25, 0.3) is 0 Å². The minimum absolute atomic E-state index is 0.130. The second kappa shape index (κ2) is 5.56. The van der Waals surface area contributed by atoms with Crippen molar-refractivity contribution in [2.24, 2.45) is 0 Å². The van der Waals surface area contributed by atoms with E-state index in [0.717, 1.165) is 17.7 Å². The molecule has 2 aromatic rings. The summed E-state index contributed by atoms with van der Waals surface area (Å²) in [5, 5.41) is 11.6. The molecule has 0 aliphatic carbocycles. The monoisotopic (exact) mass is 278 g/mol. The molecule has 0 atom stereocenters. The Kier molecular flexibility index (Phi) is 3.84. The van der Waals surface area contributed by atoms with Gasteiger partial charge in [0.05, 0.1) is 16.9 Å². The van der Waals surface area contributed by atoms with E-state index in [1.165, 1.54) is 12.1 Å². The Bertz CT molecular complexity index is 642. The summed E-state index contributed by atoms with van der Waals surface area (Å²) in [5.41, 5.74) is 6.39. The Morgan fingerprint density at radius 1 is 1.20 bits per heavy atom. The highest BCUT2D eigenvalue weighted by atomic mass is 19.1. The molecule has 4 N–H and O–H groups in total. The van der Waals surface area contributed by atoms with Crippen molar-refractivity contribution in [1.82, 2.24) is 0 Å². The van der Waals surface area contributed by atoms with E-state index in [-0.39, 0.29) is 17.2 Å². The van der Waals surface area contributed by atoms with Crippen molar-refractivity contribution < 1.29 is 18.7 Å². The third-order valence-corrected chi connectivity index (χ3v) is 2.77. The molecular formula is C14H12F2N2O2. The summed E-state index contributed by atoms with van der Waals surface area (Å²) in [4.78, 5) is 10.7. The topological polar surface area (TPSA) is 75.4 Å². The summed E-state index contributed by atoms with van der Waals surface area (Å²) >= 11 is 0. The van der Waals surface area contributed by atoms with E-state index < -0.39 is 17.3 Å². The molecule has 0 amide bonds. The molecule has 0 radical (unpaired) electrons. The van der Waals surface area contributed by atoms with Gasteiger partial charge in [0.2, 0.25) is 0 Å². The lowest BCUT2D eigenvalue weighted by atomic mass is 10.1. The second-order valence-corrected chi connectivity index (χ2v) is 4.20. The quantitative estimate of drug-likeness (QED) is 0.752. The minimum atomic E-state index is -1.38. The summed E-state index contributed by atoms with van der Waals surface area (Å²) in [5.74, 6) is -2.59. The molecule has 0 saturated heterocycles. The van der Waals surface area contributed by atoms with Crippen molar-refractivity contribution in [2.75, 3.05) is 11.1 Å². The van der Waals surface area contributed by atoms with Crippen LogP contribution in [0, 0.1) is 11.6 Å². The SMILES string of the molecule is Nc1cc(C(=O)O)c(F)cc1NCc1ccc(F)cc1. The number of halogens is 2. The molecule has 0 unspecified atom stereocenters. The fourth-order valence-electron chi connectivity index (χ4n) is 1.71. The second-order valence-electron chi connectivity index (χ2n) is 4.20. The van der Waals surface area contributed by atoms with Crippen molar-refractivity contribution >= 4 is 17.3 Å². The van der Waals surface area contributed by atoms with Gasteiger partial charge in [-0.15, -0.1) is 0 Å². The number of nitrogens with two attached hydrogens (primary N) is 1. The zero-order valence-electron chi connectivity index (χ0n) is 10.4. The normalized spacial score (nSPS) is 10.3. The standard InChI is InChI=1S/C14H12F2N2O2/c15-9-3-1-8(2-4-9)7-18-13-6-11(16)10(14(19)20)5-12(13)17/h1-6,18H,7,17H2,(H,19,20). The fourth-order valence-corrected chi connectivity index (χ4v) is 1.71. The van der Waals surface area contributed by atoms with Crippen LogP contribution in [0.15, 0.2) is 36.4 Å². The zero-order chi connectivity index (χ0) is 14.7. The van der Waals surface area contributed by atoms with Crippen LogP contribution >= 0.6 is 0 Å². The van der Waals surface area contributed by atoms with Gasteiger partial charge in [-0.05, 0) is 29.8 Å². The van der Waals surface area contributed by atoms with E-state index in [0.29, 0.717) is 6.54 Å². The highest BCUT2D eigenvalue weighted by Crippen LogP contribution is 2.23. The lowest BCUT2D eigenvalue weighted by molar-refractivity contribution is 0.0692. The number of nitrogen functional groups attached to an aromatic ring is 1. The first-order valence-corrected chi connectivity index (χ1v) is 5.78. The minimum Gasteiger partial charge on any atom is -0.478 e. The van der Waals surface area contributed by atoms with E-state index in [4.69, 9.17) is 10.8 Å². The predicted molar refractivity (Wildman–Crippen MR) is 71.5 cm³/mol. The fraction of sp³-hybridized carbons (Fsp3) is 0.0714. The Morgan fingerprint density at radius 2 is 1.85 bits per heavy atom. The molecule has 2 aromatic carbocycles. The van der Waals surface area contributed by atoms with E-state index >= 15 is 0 Å². The van der Waals surface area contributed by atoms with Crippen molar-refractivity contribution in [3.05, 3.63) is 59.2 Å². The molecule has 6 heteroatoms. The molecule has 0 spiro atoms.